The average Bonchev–Trinajstić information content (AvgIpc) is 2.09. The molecule has 0 atom stereocenters. The van der Waals surface area contributed by atoms with Crippen LogP contribution in [0.3, 0.4) is 0 Å². The molecule has 0 spiro atoms. The van der Waals surface area contributed by atoms with Crippen molar-refractivity contribution in [2.75, 3.05) is 20.6 Å². The minimum Gasteiger partial charge on any atom is -0.331 e. The van der Waals surface area contributed by atoms with E-state index in [4.69, 9.17) is 0 Å². The van der Waals surface area contributed by atoms with Gasteiger partial charge >= 0.3 is 0 Å². The normalized spacial score (nSPS) is 12.4. The highest BCUT2D eigenvalue weighted by molar-refractivity contribution is 6.52. The van der Waals surface area contributed by atoms with Gasteiger partial charge in [-0.3, -0.25) is 0 Å². The van der Waals surface area contributed by atoms with E-state index in [0.717, 1.165) is 6.54 Å². The lowest BCUT2D eigenvalue weighted by molar-refractivity contribution is 0.421. The lowest BCUT2D eigenvalue weighted by Gasteiger charge is -2.20. The van der Waals surface area contributed by atoms with Gasteiger partial charge in [-0.25, -0.2) is 0 Å². The van der Waals surface area contributed by atoms with Crippen molar-refractivity contribution in [3.8, 4) is 0 Å². The Kier molecular flexibility index (Phi) is 7.45. The highest BCUT2D eigenvalue weighted by Crippen LogP contribution is 2.01. The minimum atomic E-state index is -0.805. The van der Waals surface area contributed by atoms with E-state index < -0.39 is 9.12 Å². The maximum Gasteiger partial charge on any atom is 0.184 e. The van der Waals surface area contributed by atoms with Crippen molar-refractivity contribution in [2.45, 2.75) is 45.2 Å². The fraction of sp³-hybridized carbons (Fsp3) is 1.00. The largest absolute Gasteiger partial charge is 0.331 e. The number of nitrogens with one attached hydrogen (secondary N) is 3. The molecule has 14 heavy (non-hydrogen) atoms. The van der Waals surface area contributed by atoms with E-state index in [1.807, 2.05) is 0 Å². The number of rotatable bonds is 7. The van der Waals surface area contributed by atoms with Crippen LogP contribution in [0.2, 0.25) is 6.04 Å². The van der Waals surface area contributed by atoms with Crippen LogP contribution in [-0.2, 0) is 0 Å². The molecule has 0 aromatic rings. The summed E-state index contributed by atoms with van der Waals surface area (Å²) in [5.74, 6) is 0. The Morgan fingerprint density at radius 2 is 1.57 bits per heavy atom. The number of hydrogen-bond acceptors (Lipinski definition) is 3. The average molecular weight is 217 g/mol. The fourth-order valence-corrected chi connectivity index (χ4v) is 2.93. The summed E-state index contributed by atoms with van der Waals surface area (Å²) in [5.41, 5.74) is 0.267. The molecule has 0 radical (unpaired) electrons. The first-order valence-electron chi connectivity index (χ1n) is 5.59. The van der Waals surface area contributed by atoms with Crippen LogP contribution < -0.4 is 15.3 Å². The number of unbranched alkanes of at least 4 members (excludes halogenated alkanes) is 1. The van der Waals surface area contributed by atoms with E-state index >= 15 is 0 Å². The van der Waals surface area contributed by atoms with Gasteiger partial charge in [-0.05, 0) is 53.9 Å². The lowest BCUT2D eigenvalue weighted by atomic mass is 10.1. The van der Waals surface area contributed by atoms with E-state index in [2.05, 4.69) is 50.1 Å². The van der Waals surface area contributed by atoms with Gasteiger partial charge in [0.25, 0.3) is 0 Å². The van der Waals surface area contributed by atoms with Crippen molar-refractivity contribution in [3.05, 3.63) is 0 Å². The Morgan fingerprint density at radius 1 is 1.00 bits per heavy atom. The first kappa shape index (κ1) is 14.1. The van der Waals surface area contributed by atoms with Gasteiger partial charge in [0.05, 0.1) is 0 Å². The van der Waals surface area contributed by atoms with E-state index in [1.165, 1.54) is 18.9 Å². The summed E-state index contributed by atoms with van der Waals surface area (Å²) in [7, 11) is 3.31. The second-order valence-electron chi connectivity index (χ2n) is 4.80. The minimum absolute atomic E-state index is 0.267. The molecular weight excluding hydrogens is 190 g/mol. The SMILES string of the molecule is CN[SiH](CCCCNC(C)(C)C)NC. The van der Waals surface area contributed by atoms with E-state index in [-0.39, 0.29) is 5.54 Å². The second kappa shape index (κ2) is 7.40. The smallest absolute Gasteiger partial charge is 0.184 e. The van der Waals surface area contributed by atoms with Gasteiger partial charge in [0.15, 0.2) is 9.12 Å². The first-order chi connectivity index (χ1) is 6.49. The van der Waals surface area contributed by atoms with E-state index in [1.54, 1.807) is 0 Å². The molecular formula is C10H27N3Si. The molecule has 3 N–H and O–H groups in total. The van der Waals surface area contributed by atoms with Gasteiger partial charge in [-0.1, -0.05) is 6.42 Å². The topological polar surface area (TPSA) is 36.1 Å². The molecule has 0 aromatic heterocycles. The monoisotopic (exact) mass is 217 g/mol. The summed E-state index contributed by atoms with van der Waals surface area (Å²) in [5, 5.41) is 3.51. The van der Waals surface area contributed by atoms with E-state index in [0.29, 0.717) is 0 Å². The summed E-state index contributed by atoms with van der Waals surface area (Å²) in [6.07, 6.45) is 2.60. The third kappa shape index (κ3) is 8.68. The van der Waals surface area contributed by atoms with Crippen molar-refractivity contribution < 1.29 is 0 Å². The van der Waals surface area contributed by atoms with Crippen molar-refractivity contribution in [1.82, 2.24) is 15.3 Å². The predicted molar refractivity (Wildman–Crippen MR) is 67.1 cm³/mol. The molecule has 0 aliphatic carbocycles. The molecule has 0 amide bonds. The Balaban J connectivity index is 3.29. The summed E-state index contributed by atoms with van der Waals surface area (Å²) < 4.78 is 0. The molecule has 0 rings (SSSR count). The van der Waals surface area contributed by atoms with E-state index in [9.17, 15) is 0 Å². The van der Waals surface area contributed by atoms with Gasteiger partial charge in [-0.2, -0.15) is 0 Å². The van der Waals surface area contributed by atoms with Crippen LogP contribution in [-0.4, -0.2) is 35.3 Å². The van der Waals surface area contributed by atoms with Gasteiger partial charge in [0.1, 0.15) is 0 Å². The van der Waals surface area contributed by atoms with Crippen molar-refractivity contribution in [1.29, 1.82) is 0 Å². The summed E-state index contributed by atoms with van der Waals surface area (Å²) in [4.78, 5) is 6.73. The van der Waals surface area contributed by atoms with Crippen LogP contribution in [0.15, 0.2) is 0 Å². The highest BCUT2D eigenvalue weighted by atomic mass is 28.3. The molecule has 4 heteroatoms. The quantitative estimate of drug-likeness (QED) is 0.436. The zero-order valence-corrected chi connectivity index (χ0v) is 11.6. The molecule has 3 nitrogen and oxygen atoms in total. The summed E-state index contributed by atoms with van der Waals surface area (Å²) >= 11 is 0. The van der Waals surface area contributed by atoms with Gasteiger partial charge in [-0.15, -0.1) is 0 Å². The maximum atomic E-state index is 3.51. The first-order valence-corrected chi connectivity index (χ1v) is 7.56. The standard InChI is InChI=1S/C10H27N3Si/c1-10(2,3)13-8-6-7-9-14(11-4)12-5/h11-14H,6-9H2,1-5H3. The van der Waals surface area contributed by atoms with Crippen molar-refractivity contribution in [2.24, 2.45) is 0 Å². The zero-order chi connectivity index (χ0) is 11.0. The molecule has 0 bridgehead atoms. The molecule has 0 heterocycles. The molecule has 0 unspecified atom stereocenters. The molecule has 0 aliphatic heterocycles. The molecule has 0 aromatic carbocycles. The molecule has 0 saturated carbocycles. The zero-order valence-electron chi connectivity index (χ0n) is 10.4. The van der Waals surface area contributed by atoms with Crippen molar-refractivity contribution in [3.63, 3.8) is 0 Å². The third-order valence-electron chi connectivity index (χ3n) is 2.27. The van der Waals surface area contributed by atoms with Gasteiger partial charge in [0.2, 0.25) is 0 Å². The van der Waals surface area contributed by atoms with Crippen LogP contribution in [0.25, 0.3) is 0 Å². The second-order valence-corrected chi connectivity index (χ2v) is 7.64. The Labute approximate surface area is 90.8 Å². The molecule has 0 aliphatic rings. The van der Waals surface area contributed by atoms with Crippen LogP contribution in [0.5, 0.6) is 0 Å². The van der Waals surface area contributed by atoms with Gasteiger partial charge < -0.3 is 15.3 Å². The Hall–Kier alpha value is 0.0969. The molecule has 0 fully saturated rings. The summed E-state index contributed by atoms with van der Waals surface area (Å²) in [6.45, 7) is 7.78. The molecule has 86 valence electrons. The van der Waals surface area contributed by atoms with Crippen LogP contribution >= 0.6 is 0 Å². The Bertz CT molecular complexity index is 130. The fourth-order valence-electron chi connectivity index (χ4n) is 1.37. The van der Waals surface area contributed by atoms with Gasteiger partial charge in [0, 0.05) is 5.54 Å². The Morgan fingerprint density at radius 3 is 2.00 bits per heavy atom. The lowest BCUT2D eigenvalue weighted by Crippen LogP contribution is -2.43. The van der Waals surface area contributed by atoms with Crippen LogP contribution in [0, 0.1) is 0 Å². The predicted octanol–water partition coefficient (Wildman–Crippen LogP) is 0.814. The van der Waals surface area contributed by atoms with Crippen LogP contribution in [0.1, 0.15) is 33.6 Å². The van der Waals surface area contributed by atoms with Crippen molar-refractivity contribution >= 4 is 9.12 Å². The van der Waals surface area contributed by atoms with Crippen LogP contribution in [0.4, 0.5) is 0 Å². The maximum absolute atomic E-state index is 3.51. The highest BCUT2D eigenvalue weighted by Gasteiger charge is 2.08. The summed E-state index contributed by atoms with van der Waals surface area (Å²) in [6, 6.07) is 1.33. The number of hydrogen-bond donors (Lipinski definition) is 3. The molecule has 0 saturated heterocycles. The third-order valence-corrected chi connectivity index (χ3v) is 4.65.